The normalized spacial score (nSPS) is 14.6. The number of anilines is 2. The summed E-state index contributed by atoms with van der Waals surface area (Å²) in [4.78, 5) is 10.9. The Morgan fingerprint density at radius 3 is 2.65 bits per heavy atom. The SMILES string of the molecule is Cc1ccccc1-c1c(C)sc2cnc(Nc3ccc(C4CCNCC4)cc3OC(C)C)nc12. The highest BCUT2D eigenvalue weighted by Gasteiger charge is 2.19. The van der Waals surface area contributed by atoms with Gasteiger partial charge in [-0.15, -0.1) is 11.3 Å². The zero-order chi connectivity index (χ0) is 23.7. The van der Waals surface area contributed by atoms with Crippen molar-refractivity contribution in [2.45, 2.75) is 52.6 Å². The average molecular weight is 473 g/mol. The maximum atomic E-state index is 6.22. The Hall–Kier alpha value is -2.96. The lowest BCUT2D eigenvalue weighted by Crippen LogP contribution is -2.26. The monoisotopic (exact) mass is 472 g/mol. The van der Waals surface area contributed by atoms with Gasteiger partial charge in [0.05, 0.1) is 28.2 Å². The molecule has 4 aromatic rings. The molecule has 6 heteroatoms. The van der Waals surface area contributed by atoms with Crippen molar-refractivity contribution in [1.82, 2.24) is 15.3 Å². The summed E-state index contributed by atoms with van der Waals surface area (Å²) >= 11 is 1.74. The number of aryl methyl sites for hydroxylation is 2. The van der Waals surface area contributed by atoms with Crippen molar-refractivity contribution in [3.05, 3.63) is 64.7 Å². The molecule has 5 rings (SSSR count). The Labute approximate surface area is 205 Å². The third-order valence-electron chi connectivity index (χ3n) is 6.45. The Morgan fingerprint density at radius 1 is 1.09 bits per heavy atom. The number of nitrogens with zero attached hydrogens (tertiary/aromatic N) is 2. The second-order valence-electron chi connectivity index (χ2n) is 9.33. The molecule has 1 aliphatic rings. The molecular weight excluding hydrogens is 440 g/mol. The van der Waals surface area contributed by atoms with Crippen LogP contribution in [0.5, 0.6) is 5.75 Å². The van der Waals surface area contributed by atoms with Crippen molar-refractivity contribution < 1.29 is 4.74 Å². The molecule has 2 N–H and O–H groups in total. The maximum Gasteiger partial charge on any atom is 0.227 e. The van der Waals surface area contributed by atoms with Gasteiger partial charge in [0.1, 0.15) is 5.75 Å². The van der Waals surface area contributed by atoms with E-state index in [1.54, 1.807) is 11.3 Å². The number of fused-ring (bicyclic) bond motifs is 1. The summed E-state index contributed by atoms with van der Waals surface area (Å²) in [6.45, 7) is 10.6. The van der Waals surface area contributed by atoms with Crippen molar-refractivity contribution in [1.29, 1.82) is 0 Å². The highest BCUT2D eigenvalue weighted by molar-refractivity contribution is 7.19. The Balaban J connectivity index is 1.51. The predicted octanol–water partition coefficient (Wildman–Crippen LogP) is 6.97. The molecule has 0 unspecified atom stereocenters. The van der Waals surface area contributed by atoms with Gasteiger partial charge in [-0.2, -0.15) is 0 Å². The van der Waals surface area contributed by atoms with E-state index in [9.17, 15) is 0 Å². The van der Waals surface area contributed by atoms with E-state index >= 15 is 0 Å². The van der Waals surface area contributed by atoms with E-state index in [0.29, 0.717) is 11.9 Å². The van der Waals surface area contributed by atoms with Crippen LogP contribution in [-0.4, -0.2) is 29.2 Å². The van der Waals surface area contributed by atoms with E-state index in [0.717, 1.165) is 47.6 Å². The van der Waals surface area contributed by atoms with Gasteiger partial charge in [-0.25, -0.2) is 9.97 Å². The zero-order valence-electron chi connectivity index (χ0n) is 20.3. The number of rotatable bonds is 6. The highest BCUT2D eigenvalue weighted by Crippen LogP contribution is 2.39. The summed E-state index contributed by atoms with van der Waals surface area (Å²) in [7, 11) is 0. The molecular formula is C28H32N4OS. The molecule has 0 amide bonds. The lowest BCUT2D eigenvalue weighted by Gasteiger charge is -2.24. The van der Waals surface area contributed by atoms with Crippen molar-refractivity contribution in [3.63, 3.8) is 0 Å². The number of benzene rings is 2. The minimum Gasteiger partial charge on any atom is -0.489 e. The van der Waals surface area contributed by atoms with Crippen LogP contribution in [-0.2, 0) is 0 Å². The lowest BCUT2D eigenvalue weighted by atomic mass is 9.90. The quantitative estimate of drug-likeness (QED) is 0.317. The number of hydrogen-bond donors (Lipinski definition) is 2. The molecule has 0 saturated carbocycles. The molecule has 3 heterocycles. The van der Waals surface area contributed by atoms with Crippen molar-refractivity contribution in [2.75, 3.05) is 18.4 Å². The molecule has 0 atom stereocenters. The first-order valence-electron chi connectivity index (χ1n) is 12.1. The van der Waals surface area contributed by atoms with Crippen LogP contribution in [0.3, 0.4) is 0 Å². The molecule has 1 aliphatic heterocycles. The van der Waals surface area contributed by atoms with Crippen molar-refractivity contribution in [2.24, 2.45) is 0 Å². The fourth-order valence-corrected chi connectivity index (χ4v) is 5.75. The smallest absolute Gasteiger partial charge is 0.227 e. The van der Waals surface area contributed by atoms with E-state index in [1.807, 2.05) is 6.20 Å². The molecule has 34 heavy (non-hydrogen) atoms. The molecule has 176 valence electrons. The molecule has 5 nitrogen and oxygen atoms in total. The number of ether oxygens (including phenoxy) is 1. The van der Waals surface area contributed by atoms with Crippen molar-refractivity contribution in [3.8, 4) is 16.9 Å². The predicted molar refractivity (Wildman–Crippen MR) is 143 cm³/mol. The first-order valence-corrected chi connectivity index (χ1v) is 12.9. The summed E-state index contributed by atoms with van der Waals surface area (Å²) in [5.41, 5.74) is 6.91. The van der Waals surface area contributed by atoms with E-state index in [4.69, 9.17) is 9.72 Å². The topological polar surface area (TPSA) is 59.1 Å². The van der Waals surface area contributed by atoms with Crippen LogP contribution < -0.4 is 15.4 Å². The van der Waals surface area contributed by atoms with E-state index in [2.05, 4.69) is 85.8 Å². The molecule has 1 fully saturated rings. The summed E-state index contributed by atoms with van der Waals surface area (Å²) in [5.74, 6) is 2.02. The van der Waals surface area contributed by atoms with Gasteiger partial charge in [-0.3, -0.25) is 0 Å². The number of piperidine rings is 1. The number of thiophene rings is 1. The molecule has 1 saturated heterocycles. The minimum absolute atomic E-state index is 0.0828. The van der Waals surface area contributed by atoms with Crippen molar-refractivity contribution >= 4 is 33.2 Å². The summed E-state index contributed by atoms with van der Waals surface area (Å²) in [6, 6.07) is 15.0. The molecule has 0 spiro atoms. The summed E-state index contributed by atoms with van der Waals surface area (Å²) < 4.78 is 7.32. The van der Waals surface area contributed by atoms with Crippen LogP contribution in [0.4, 0.5) is 11.6 Å². The minimum atomic E-state index is 0.0828. The van der Waals surface area contributed by atoms with Crippen LogP contribution in [0.1, 0.15) is 48.6 Å². The zero-order valence-corrected chi connectivity index (χ0v) is 21.1. The first-order chi connectivity index (χ1) is 16.5. The second kappa shape index (κ2) is 9.72. The second-order valence-corrected chi connectivity index (χ2v) is 10.6. The fraction of sp³-hybridized carbons (Fsp3) is 0.357. The Bertz CT molecular complexity index is 1310. The van der Waals surface area contributed by atoms with Crippen LogP contribution in [0, 0.1) is 13.8 Å². The van der Waals surface area contributed by atoms with Gasteiger partial charge < -0.3 is 15.4 Å². The highest BCUT2D eigenvalue weighted by atomic mass is 32.1. The van der Waals surface area contributed by atoms with Gasteiger partial charge in [-0.1, -0.05) is 30.3 Å². The first kappa shape index (κ1) is 22.8. The van der Waals surface area contributed by atoms with Gasteiger partial charge in [0, 0.05) is 10.4 Å². The van der Waals surface area contributed by atoms with E-state index < -0.39 is 0 Å². The Kier molecular flexibility index (Phi) is 6.53. The van der Waals surface area contributed by atoms with Crippen LogP contribution >= 0.6 is 11.3 Å². The average Bonchev–Trinajstić information content (AvgIpc) is 3.15. The third-order valence-corrected chi connectivity index (χ3v) is 7.48. The largest absolute Gasteiger partial charge is 0.489 e. The van der Waals surface area contributed by atoms with Crippen LogP contribution in [0.25, 0.3) is 21.3 Å². The van der Waals surface area contributed by atoms with Crippen LogP contribution in [0.2, 0.25) is 0 Å². The lowest BCUT2D eigenvalue weighted by molar-refractivity contribution is 0.243. The van der Waals surface area contributed by atoms with E-state index in [-0.39, 0.29) is 6.10 Å². The Morgan fingerprint density at radius 2 is 1.88 bits per heavy atom. The standard InChI is InChI=1S/C28H32N4OS/c1-17(2)33-24-15-21(20-11-13-29-14-12-20)9-10-23(24)31-28-30-16-25-27(32-28)26(19(4)34-25)22-8-6-5-7-18(22)3/h5-10,15-17,20,29H,11-14H2,1-4H3,(H,30,31,32). The van der Waals surface area contributed by atoms with Gasteiger partial charge in [0.25, 0.3) is 0 Å². The van der Waals surface area contributed by atoms with Gasteiger partial charge >= 0.3 is 0 Å². The number of nitrogens with one attached hydrogen (secondary N) is 2. The molecule has 0 aliphatic carbocycles. The molecule has 0 bridgehead atoms. The molecule has 0 radical (unpaired) electrons. The fourth-order valence-electron chi connectivity index (χ4n) is 4.76. The molecule has 2 aromatic heterocycles. The van der Waals surface area contributed by atoms with Gasteiger partial charge in [0.15, 0.2) is 0 Å². The third kappa shape index (κ3) is 4.65. The van der Waals surface area contributed by atoms with Gasteiger partial charge in [-0.05, 0) is 88.4 Å². The number of hydrogen-bond acceptors (Lipinski definition) is 6. The van der Waals surface area contributed by atoms with E-state index in [1.165, 1.54) is 27.1 Å². The van der Waals surface area contributed by atoms with Crippen LogP contribution in [0.15, 0.2) is 48.7 Å². The summed E-state index contributed by atoms with van der Waals surface area (Å²) in [6.07, 6.45) is 4.33. The van der Waals surface area contributed by atoms with Gasteiger partial charge in [0.2, 0.25) is 5.95 Å². The maximum absolute atomic E-state index is 6.22. The summed E-state index contributed by atoms with van der Waals surface area (Å²) in [5, 5.41) is 6.90. The molecule has 2 aromatic carbocycles. The number of aromatic nitrogens is 2.